The SMILES string of the molecule is CC(C)CC(=O)NC1CCN(c2ccccc2C(=O)NC(C)C(C)C)CC1. The monoisotopic (exact) mass is 373 g/mol. The van der Waals surface area contributed by atoms with E-state index in [0.717, 1.165) is 37.2 Å². The van der Waals surface area contributed by atoms with Crippen molar-refractivity contribution in [3.05, 3.63) is 29.8 Å². The van der Waals surface area contributed by atoms with E-state index >= 15 is 0 Å². The Morgan fingerprint density at radius 2 is 1.70 bits per heavy atom. The fourth-order valence-corrected chi connectivity index (χ4v) is 3.31. The lowest BCUT2D eigenvalue weighted by atomic mass is 10.0. The van der Waals surface area contributed by atoms with Gasteiger partial charge in [0.05, 0.1) is 5.56 Å². The van der Waals surface area contributed by atoms with Crippen LogP contribution in [0.2, 0.25) is 0 Å². The van der Waals surface area contributed by atoms with Crippen molar-refractivity contribution in [2.45, 2.75) is 66.0 Å². The minimum Gasteiger partial charge on any atom is -0.371 e. The van der Waals surface area contributed by atoms with Crippen LogP contribution in [-0.4, -0.2) is 37.0 Å². The number of para-hydroxylation sites is 1. The molecule has 1 aromatic carbocycles. The molecule has 2 rings (SSSR count). The Morgan fingerprint density at radius 1 is 1.07 bits per heavy atom. The first-order chi connectivity index (χ1) is 12.8. The Hall–Kier alpha value is -2.04. The largest absolute Gasteiger partial charge is 0.371 e. The Balaban J connectivity index is 1.98. The molecule has 1 atom stereocenters. The molecule has 1 aromatic rings. The van der Waals surface area contributed by atoms with Crippen LogP contribution in [0.5, 0.6) is 0 Å². The molecule has 1 saturated heterocycles. The zero-order valence-corrected chi connectivity index (χ0v) is 17.4. The van der Waals surface area contributed by atoms with Gasteiger partial charge in [-0.05, 0) is 43.7 Å². The van der Waals surface area contributed by atoms with Gasteiger partial charge in [0.25, 0.3) is 5.91 Å². The highest BCUT2D eigenvalue weighted by Crippen LogP contribution is 2.24. The summed E-state index contributed by atoms with van der Waals surface area (Å²) >= 11 is 0. The van der Waals surface area contributed by atoms with Crippen LogP contribution >= 0.6 is 0 Å². The van der Waals surface area contributed by atoms with Gasteiger partial charge in [-0.15, -0.1) is 0 Å². The normalized spacial score (nSPS) is 16.5. The van der Waals surface area contributed by atoms with Crippen molar-refractivity contribution in [3.63, 3.8) is 0 Å². The number of rotatable bonds is 7. The number of piperidine rings is 1. The first-order valence-electron chi connectivity index (χ1n) is 10.2. The Labute approximate surface area is 163 Å². The van der Waals surface area contributed by atoms with Gasteiger partial charge in [-0.1, -0.05) is 39.8 Å². The molecule has 150 valence electrons. The van der Waals surface area contributed by atoms with Crippen molar-refractivity contribution in [3.8, 4) is 0 Å². The summed E-state index contributed by atoms with van der Waals surface area (Å²) in [7, 11) is 0. The molecule has 0 radical (unpaired) electrons. The molecular weight excluding hydrogens is 338 g/mol. The van der Waals surface area contributed by atoms with E-state index in [1.165, 1.54) is 0 Å². The standard InChI is InChI=1S/C22H35N3O2/c1-15(2)14-21(26)24-18-10-12-25(13-11-18)20-9-7-6-8-19(20)22(27)23-17(5)16(3)4/h6-9,15-18H,10-14H2,1-5H3,(H,23,27)(H,24,26). The summed E-state index contributed by atoms with van der Waals surface area (Å²) in [5.74, 6) is 0.903. The van der Waals surface area contributed by atoms with Crippen LogP contribution in [0.4, 0.5) is 5.69 Å². The fourth-order valence-electron chi connectivity index (χ4n) is 3.31. The van der Waals surface area contributed by atoms with E-state index < -0.39 is 0 Å². The molecule has 1 aliphatic rings. The Bertz CT molecular complexity index is 634. The molecule has 0 bridgehead atoms. The van der Waals surface area contributed by atoms with Crippen molar-refractivity contribution in [2.24, 2.45) is 11.8 Å². The number of hydrogen-bond donors (Lipinski definition) is 2. The summed E-state index contributed by atoms with van der Waals surface area (Å²) in [5, 5.41) is 6.26. The van der Waals surface area contributed by atoms with Crippen molar-refractivity contribution >= 4 is 17.5 Å². The second-order valence-corrected chi connectivity index (χ2v) is 8.45. The fraction of sp³-hybridized carbons (Fsp3) is 0.636. The Kier molecular flexibility index (Phi) is 7.69. The second kappa shape index (κ2) is 9.77. The first-order valence-corrected chi connectivity index (χ1v) is 10.2. The highest BCUT2D eigenvalue weighted by Gasteiger charge is 2.24. The van der Waals surface area contributed by atoms with Crippen LogP contribution in [0.3, 0.4) is 0 Å². The molecular formula is C22H35N3O2. The smallest absolute Gasteiger partial charge is 0.253 e. The van der Waals surface area contributed by atoms with E-state index in [0.29, 0.717) is 18.3 Å². The van der Waals surface area contributed by atoms with Crippen LogP contribution < -0.4 is 15.5 Å². The van der Waals surface area contributed by atoms with Crippen molar-refractivity contribution in [1.82, 2.24) is 10.6 Å². The zero-order valence-electron chi connectivity index (χ0n) is 17.4. The van der Waals surface area contributed by atoms with Gasteiger partial charge in [-0.2, -0.15) is 0 Å². The van der Waals surface area contributed by atoms with Crippen molar-refractivity contribution in [2.75, 3.05) is 18.0 Å². The number of nitrogens with zero attached hydrogens (tertiary/aromatic N) is 1. The maximum absolute atomic E-state index is 12.7. The van der Waals surface area contributed by atoms with Gasteiger partial charge in [0.15, 0.2) is 0 Å². The number of anilines is 1. The minimum absolute atomic E-state index is 0.0147. The molecule has 5 heteroatoms. The summed E-state index contributed by atoms with van der Waals surface area (Å²) in [6.45, 7) is 12.1. The van der Waals surface area contributed by atoms with Gasteiger partial charge in [-0.3, -0.25) is 9.59 Å². The van der Waals surface area contributed by atoms with E-state index in [1.807, 2.05) is 31.2 Å². The first kappa shape index (κ1) is 21.3. The van der Waals surface area contributed by atoms with E-state index in [-0.39, 0.29) is 23.9 Å². The Morgan fingerprint density at radius 3 is 2.30 bits per heavy atom. The molecule has 1 aliphatic heterocycles. The summed E-state index contributed by atoms with van der Waals surface area (Å²) in [5.41, 5.74) is 1.71. The predicted octanol–water partition coefficient (Wildman–Crippen LogP) is 3.59. The van der Waals surface area contributed by atoms with Crippen LogP contribution in [0, 0.1) is 11.8 Å². The number of carbonyl (C=O) groups is 2. The number of hydrogen-bond acceptors (Lipinski definition) is 3. The summed E-state index contributed by atoms with van der Waals surface area (Å²) < 4.78 is 0. The van der Waals surface area contributed by atoms with Gasteiger partial charge in [-0.25, -0.2) is 0 Å². The third kappa shape index (κ3) is 6.26. The van der Waals surface area contributed by atoms with Crippen LogP contribution in [0.1, 0.15) is 64.2 Å². The molecule has 0 saturated carbocycles. The topological polar surface area (TPSA) is 61.4 Å². The van der Waals surface area contributed by atoms with Gasteiger partial charge < -0.3 is 15.5 Å². The predicted molar refractivity (Wildman–Crippen MR) is 111 cm³/mol. The van der Waals surface area contributed by atoms with Crippen molar-refractivity contribution < 1.29 is 9.59 Å². The van der Waals surface area contributed by atoms with Gasteiger partial charge in [0, 0.05) is 37.3 Å². The summed E-state index contributed by atoms with van der Waals surface area (Å²) in [6, 6.07) is 8.18. The summed E-state index contributed by atoms with van der Waals surface area (Å²) in [4.78, 5) is 27.0. The molecule has 0 aromatic heterocycles. The number of amides is 2. The highest BCUT2D eigenvalue weighted by molar-refractivity contribution is 6.00. The van der Waals surface area contributed by atoms with Gasteiger partial charge >= 0.3 is 0 Å². The molecule has 1 heterocycles. The van der Waals surface area contributed by atoms with Crippen LogP contribution in [0.25, 0.3) is 0 Å². The molecule has 1 fully saturated rings. The molecule has 0 spiro atoms. The zero-order chi connectivity index (χ0) is 20.0. The van der Waals surface area contributed by atoms with E-state index in [1.54, 1.807) is 0 Å². The molecule has 27 heavy (non-hydrogen) atoms. The average molecular weight is 374 g/mol. The lowest BCUT2D eigenvalue weighted by Crippen LogP contribution is -2.45. The third-order valence-corrected chi connectivity index (χ3v) is 5.30. The molecule has 2 N–H and O–H groups in total. The third-order valence-electron chi connectivity index (χ3n) is 5.30. The van der Waals surface area contributed by atoms with Crippen LogP contribution in [0.15, 0.2) is 24.3 Å². The minimum atomic E-state index is -0.0147. The summed E-state index contributed by atoms with van der Waals surface area (Å²) in [6.07, 6.45) is 2.39. The lowest BCUT2D eigenvalue weighted by molar-refractivity contribution is -0.122. The average Bonchev–Trinajstić information content (AvgIpc) is 2.61. The number of nitrogens with one attached hydrogen (secondary N) is 2. The van der Waals surface area contributed by atoms with E-state index in [9.17, 15) is 9.59 Å². The molecule has 5 nitrogen and oxygen atoms in total. The molecule has 1 unspecified atom stereocenters. The van der Waals surface area contributed by atoms with E-state index in [4.69, 9.17) is 0 Å². The molecule has 2 amide bonds. The van der Waals surface area contributed by atoms with Gasteiger partial charge in [0.1, 0.15) is 0 Å². The quantitative estimate of drug-likeness (QED) is 0.768. The number of benzene rings is 1. The second-order valence-electron chi connectivity index (χ2n) is 8.45. The highest BCUT2D eigenvalue weighted by atomic mass is 16.2. The lowest BCUT2D eigenvalue weighted by Gasteiger charge is -2.35. The van der Waals surface area contributed by atoms with E-state index in [2.05, 4.69) is 43.2 Å². The maximum atomic E-state index is 12.7. The van der Waals surface area contributed by atoms with Crippen LogP contribution in [-0.2, 0) is 4.79 Å². The van der Waals surface area contributed by atoms with Crippen molar-refractivity contribution in [1.29, 1.82) is 0 Å². The molecule has 0 aliphatic carbocycles. The number of carbonyl (C=O) groups excluding carboxylic acids is 2. The van der Waals surface area contributed by atoms with Gasteiger partial charge in [0.2, 0.25) is 5.91 Å². The maximum Gasteiger partial charge on any atom is 0.253 e.